The number of hydrogen-bond donors (Lipinski definition) is 0. The number of benzene rings is 2. The van der Waals surface area contributed by atoms with Crippen molar-refractivity contribution in [3.05, 3.63) is 86.3 Å². The van der Waals surface area contributed by atoms with Gasteiger partial charge in [0, 0.05) is 10.4 Å². The molecule has 2 aromatic carbocycles. The fourth-order valence-corrected chi connectivity index (χ4v) is 4.77. The first-order valence-corrected chi connectivity index (χ1v) is 11.5. The third kappa shape index (κ3) is 4.23. The van der Waals surface area contributed by atoms with E-state index in [-0.39, 0.29) is 11.5 Å². The van der Waals surface area contributed by atoms with E-state index in [1.54, 1.807) is 34.4 Å². The van der Waals surface area contributed by atoms with E-state index in [4.69, 9.17) is 4.74 Å². The summed E-state index contributed by atoms with van der Waals surface area (Å²) in [5, 5.41) is 0.650. The van der Waals surface area contributed by atoms with Gasteiger partial charge < -0.3 is 4.74 Å². The monoisotopic (exact) mass is 446 g/mol. The van der Waals surface area contributed by atoms with Crippen molar-refractivity contribution in [3.63, 3.8) is 0 Å². The van der Waals surface area contributed by atoms with Gasteiger partial charge in [-0.15, -0.1) is 11.3 Å². The lowest BCUT2D eigenvalue weighted by molar-refractivity contribution is 0.0505. The van der Waals surface area contributed by atoms with Crippen LogP contribution in [0.3, 0.4) is 0 Å². The summed E-state index contributed by atoms with van der Waals surface area (Å²) >= 11 is 1.54. The number of esters is 1. The van der Waals surface area contributed by atoms with Gasteiger partial charge in [0.15, 0.2) is 0 Å². The van der Waals surface area contributed by atoms with Gasteiger partial charge in [-0.2, -0.15) is 0 Å². The predicted octanol–water partition coefficient (Wildman–Crippen LogP) is 5.67. The highest BCUT2D eigenvalue weighted by Crippen LogP contribution is 2.36. The summed E-state index contributed by atoms with van der Waals surface area (Å²) in [7, 11) is 0. The van der Waals surface area contributed by atoms with Crippen LogP contribution in [0.5, 0.6) is 0 Å². The molecule has 0 saturated heterocycles. The number of ether oxygens (including phenoxy) is 1. The Hall–Kier alpha value is -3.25. The Kier molecular flexibility index (Phi) is 6.24. The van der Waals surface area contributed by atoms with Crippen LogP contribution in [0.2, 0.25) is 0 Å². The lowest BCUT2D eigenvalue weighted by Gasteiger charge is -2.09. The van der Waals surface area contributed by atoms with Crippen LogP contribution >= 0.6 is 11.3 Å². The Labute approximate surface area is 191 Å². The Balaban J connectivity index is 1.74. The summed E-state index contributed by atoms with van der Waals surface area (Å²) in [5.74, 6) is -0.347. The molecule has 0 aliphatic carbocycles. The van der Waals surface area contributed by atoms with Crippen molar-refractivity contribution in [2.45, 2.75) is 40.7 Å². The fourth-order valence-electron chi connectivity index (χ4n) is 3.77. The molecule has 0 saturated carbocycles. The van der Waals surface area contributed by atoms with E-state index in [0.717, 1.165) is 32.8 Å². The second-order valence-electron chi connectivity index (χ2n) is 8.03. The minimum Gasteiger partial charge on any atom is -0.462 e. The smallest absolute Gasteiger partial charge is 0.338 e. The minimum atomic E-state index is -0.347. The average Bonchev–Trinajstić information content (AvgIpc) is 3.13. The van der Waals surface area contributed by atoms with Gasteiger partial charge in [-0.25, -0.2) is 9.78 Å². The highest BCUT2D eigenvalue weighted by Gasteiger charge is 2.18. The topological polar surface area (TPSA) is 61.2 Å². The average molecular weight is 447 g/mol. The van der Waals surface area contributed by atoms with Crippen molar-refractivity contribution in [1.29, 1.82) is 0 Å². The second-order valence-corrected chi connectivity index (χ2v) is 9.23. The molecule has 0 N–H and O–H groups in total. The molecule has 5 nitrogen and oxygen atoms in total. The van der Waals surface area contributed by atoms with Crippen molar-refractivity contribution in [1.82, 2.24) is 9.55 Å². The summed E-state index contributed by atoms with van der Waals surface area (Å²) in [6, 6.07) is 13.5. The maximum Gasteiger partial charge on any atom is 0.338 e. The number of fused-ring (bicyclic) bond motifs is 1. The molecule has 6 heteroatoms. The van der Waals surface area contributed by atoms with E-state index in [0.29, 0.717) is 24.1 Å². The van der Waals surface area contributed by atoms with E-state index < -0.39 is 0 Å². The van der Waals surface area contributed by atoms with Crippen LogP contribution in [-0.4, -0.2) is 22.1 Å². The van der Waals surface area contributed by atoms with Crippen LogP contribution in [0.25, 0.3) is 21.3 Å². The minimum absolute atomic E-state index is 0.0773. The van der Waals surface area contributed by atoms with E-state index in [9.17, 15) is 9.59 Å². The maximum absolute atomic E-state index is 13.5. The van der Waals surface area contributed by atoms with Crippen molar-refractivity contribution in [2.24, 2.45) is 0 Å². The first-order chi connectivity index (χ1) is 15.4. The molecule has 0 aliphatic heterocycles. The number of carbonyl (C=O) groups excluding carboxylic acids is 1. The van der Waals surface area contributed by atoms with E-state index in [1.807, 2.05) is 26.0 Å². The van der Waals surface area contributed by atoms with E-state index >= 15 is 0 Å². The Bertz CT molecular complexity index is 1370. The zero-order chi connectivity index (χ0) is 22.8. The number of rotatable bonds is 6. The van der Waals surface area contributed by atoms with Crippen molar-refractivity contribution < 1.29 is 9.53 Å². The number of aryl methyl sites for hydroxylation is 3. The van der Waals surface area contributed by atoms with Crippen molar-refractivity contribution in [3.8, 4) is 11.1 Å². The van der Waals surface area contributed by atoms with Gasteiger partial charge in [0.05, 0.1) is 30.4 Å². The van der Waals surface area contributed by atoms with Gasteiger partial charge in [0.1, 0.15) is 4.83 Å². The van der Waals surface area contributed by atoms with Gasteiger partial charge in [0.25, 0.3) is 5.56 Å². The maximum atomic E-state index is 13.5. The zero-order valence-corrected chi connectivity index (χ0v) is 19.6. The van der Waals surface area contributed by atoms with Crippen LogP contribution in [0.4, 0.5) is 0 Å². The second kappa shape index (κ2) is 9.09. The van der Waals surface area contributed by atoms with Gasteiger partial charge in [-0.05, 0) is 61.6 Å². The molecular weight excluding hydrogens is 420 g/mol. The van der Waals surface area contributed by atoms with Crippen LogP contribution in [-0.2, 0) is 11.3 Å². The Morgan fingerprint density at radius 2 is 1.91 bits per heavy atom. The highest BCUT2D eigenvalue weighted by molar-refractivity contribution is 7.19. The number of carbonyl (C=O) groups is 1. The van der Waals surface area contributed by atoms with Gasteiger partial charge in [-0.3, -0.25) is 9.36 Å². The largest absolute Gasteiger partial charge is 0.462 e. The standard InChI is InChI=1S/C26H26N2O3S/c1-5-11-31-26(30)21-8-6-7-19(13-21)14-28-15-27-24-23(25(28)29)22(18(4)32-24)20-10-9-16(2)17(3)12-20/h6-10,12-13,15H,5,11,14H2,1-4H3. The molecule has 0 unspecified atom stereocenters. The summed E-state index contributed by atoms with van der Waals surface area (Å²) in [4.78, 5) is 32.1. The summed E-state index contributed by atoms with van der Waals surface area (Å²) in [6.07, 6.45) is 2.36. The fraction of sp³-hybridized carbons (Fsp3) is 0.269. The first-order valence-electron chi connectivity index (χ1n) is 10.7. The number of hydrogen-bond acceptors (Lipinski definition) is 5. The van der Waals surface area contributed by atoms with Crippen molar-refractivity contribution >= 4 is 27.5 Å². The molecule has 2 heterocycles. The molecule has 0 atom stereocenters. The van der Waals surface area contributed by atoms with Gasteiger partial charge >= 0.3 is 5.97 Å². The SMILES string of the molecule is CCCOC(=O)c1cccc(Cn2cnc3sc(C)c(-c4ccc(C)c(C)c4)c3c2=O)c1. The van der Waals surface area contributed by atoms with Crippen LogP contribution in [0.1, 0.15) is 45.3 Å². The first kappa shape index (κ1) is 22.0. The lowest BCUT2D eigenvalue weighted by Crippen LogP contribution is -2.21. The predicted molar refractivity (Wildman–Crippen MR) is 130 cm³/mol. The quantitative estimate of drug-likeness (QED) is 0.358. The van der Waals surface area contributed by atoms with E-state index in [2.05, 4.69) is 37.0 Å². The molecule has 0 spiro atoms. The highest BCUT2D eigenvalue weighted by atomic mass is 32.1. The van der Waals surface area contributed by atoms with Crippen molar-refractivity contribution in [2.75, 3.05) is 6.61 Å². The third-order valence-corrected chi connectivity index (χ3v) is 6.62. The zero-order valence-electron chi connectivity index (χ0n) is 18.8. The number of thiophene rings is 1. The normalized spacial score (nSPS) is 11.1. The Morgan fingerprint density at radius 1 is 1.09 bits per heavy atom. The summed E-state index contributed by atoms with van der Waals surface area (Å²) in [5.41, 5.74) is 5.66. The number of aromatic nitrogens is 2. The molecule has 164 valence electrons. The number of nitrogens with zero attached hydrogens (tertiary/aromatic N) is 2. The van der Waals surface area contributed by atoms with Crippen LogP contribution in [0, 0.1) is 20.8 Å². The summed E-state index contributed by atoms with van der Waals surface area (Å²) < 4.78 is 6.84. The van der Waals surface area contributed by atoms with E-state index in [1.165, 1.54) is 11.1 Å². The molecule has 4 rings (SSSR count). The van der Waals surface area contributed by atoms with Gasteiger partial charge in [-0.1, -0.05) is 37.3 Å². The molecule has 0 aliphatic rings. The van der Waals surface area contributed by atoms with Gasteiger partial charge in [0.2, 0.25) is 0 Å². The molecule has 0 fully saturated rings. The molecule has 32 heavy (non-hydrogen) atoms. The third-order valence-electron chi connectivity index (χ3n) is 5.60. The van der Waals surface area contributed by atoms with Crippen LogP contribution < -0.4 is 5.56 Å². The van der Waals surface area contributed by atoms with Crippen LogP contribution in [0.15, 0.2) is 53.6 Å². The Morgan fingerprint density at radius 3 is 2.66 bits per heavy atom. The molecule has 0 radical (unpaired) electrons. The molecule has 0 bridgehead atoms. The molecule has 4 aromatic rings. The lowest BCUT2D eigenvalue weighted by atomic mass is 9.99. The molecule has 0 amide bonds. The molecular formula is C26H26N2O3S. The molecule has 2 aromatic heterocycles. The summed E-state index contributed by atoms with van der Waals surface area (Å²) in [6.45, 7) is 8.87.